The zero-order valence-electron chi connectivity index (χ0n) is 11.7. The van der Waals surface area contributed by atoms with Gasteiger partial charge in [0.1, 0.15) is 5.82 Å². The monoisotopic (exact) mass is 281 g/mol. The smallest absolute Gasteiger partial charge is 0.328 e. The Morgan fingerprint density at radius 1 is 1.50 bits per heavy atom. The van der Waals surface area contributed by atoms with Gasteiger partial charge >= 0.3 is 5.97 Å². The van der Waals surface area contributed by atoms with Crippen molar-refractivity contribution in [2.75, 3.05) is 13.6 Å². The van der Waals surface area contributed by atoms with Crippen molar-refractivity contribution < 1.29 is 19.4 Å². The van der Waals surface area contributed by atoms with Gasteiger partial charge < -0.3 is 15.1 Å². The summed E-state index contributed by atoms with van der Waals surface area (Å²) in [6.45, 7) is 3.00. The summed E-state index contributed by atoms with van der Waals surface area (Å²) in [6.07, 6.45) is 2.67. The minimum Gasteiger partial charge on any atom is -0.478 e. The van der Waals surface area contributed by atoms with E-state index in [0.717, 1.165) is 11.6 Å². The lowest BCUT2D eigenvalue weighted by atomic mass is 10.1. The molecule has 0 aliphatic carbocycles. The predicted octanol–water partition coefficient (Wildman–Crippen LogP) is 2.13. The highest BCUT2D eigenvalue weighted by molar-refractivity contribution is 5.85. The molecule has 0 fully saturated rings. The fourth-order valence-corrected chi connectivity index (χ4v) is 1.80. The van der Waals surface area contributed by atoms with Gasteiger partial charge in [0.2, 0.25) is 0 Å². The van der Waals surface area contributed by atoms with Gasteiger partial charge in [-0.15, -0.1) is 0 Å². The molecule has 1 rings (SSSR count). The van der Waals surface area contributed by atoms with E-state index in [-0.39, 0.29) is 6.10 Å². The molecule has 0 aromatic heterocycles. The van der Waals surface area contributed by atoms with E-state index in [9.17, 15) is 14.3 Å². The van der Waals surface area contributed by atoms with E-state index in [1.54, 1.807) is 13.0 Å². The van der Waals surface area contributed by atoms with Crippen LogP contribution in [0.5, 0.6) is 0 Å². The molecule has 4 nitrogen and oxygen atoms in total. The topological polar surface area (TPSA) is 60.8 Å². The first-order valence-electron chi connectivity index (χ1n) is 6.44. The van der Waals surface area contributed by atoms with Crippen molar-refractivity contribution in [3.8, 4) is 0 Å². The molecule has 0 bridgehead atoms. The van der Waals surface area contributed by atoms with E-state index in [4.69, 9.17) is 5.11 Å². The highest BCUT2D eigenvalue weighted by atomic mass is 19.1. The first-order chi connectivity index (χ1) is 9.38. The number of aliphatic hydroxyl groups is 1. The zero-order chi connectivity index (χ0) is 15.1. The molecule has 0 saturated heterocycles. The Kier molecular flexibility index (Phi) is 6.35. The molecular weight excluding hydrogens is 261 g/mol. The van der Waals surface area contributed by atoms with Gasteiger partial charge in [-0.2, -0.15) is 0 Å². The molecule has 0 spiro atoms. The molecule has 0 aliphatic rings. The Morgan fingerprint density at radius 3 is 2.80 bits per heavy atom. The van der Waals surface area contributed by atoms with Crippen LogP contribution in [0.25, 0.3) is 6.08 Å². The van der Waals surface area contributed by atoms with E-state index in [2.05, 4.69) is 0 Å². The van der Waals surface area contributed by atoms with Gasteiger partial charge in [0.15, 0.2) is 0 Å². The summed E-state index contributed by atoms with van der Waals surface area (Å²) >= 11 is 0. The number of halogens is 1. The Hall–Kier alpha value is -1.72. The van der Waals surface area contributed by atoms with Crippen LogP contribution in [-0.4, -0.2) is 40.8 Å². The number of carbonyl (C=O) groups is 1. The third-order valence-electron chi connectivity index (χ3n) is 2.88. The highest BCUT2D eigenvalue weighted by Gasteiger charge is 2.07. The van der Waals surface area contributed by atoms with Crippen molar-refractivity contribution in [3.05, 3.63) is 41.2 Å². The molecule has 20 heavy (non-hydrogen) atoms. The number of aliphatic hydroxyl groups excluding tert-OH is 1. The maximum absolute atomic E-state index is 13.2. The second-order valence-electron chi connectivity index (χ2n) is 4.89. The lowest BCUT2D eigenvalue weighted by Gasteiger charge is -2.19. The quantitative estimate of drug-likeness (QED) is 0.752. The number of hydrogen-bond donors (Lipinski definition) is 2. The molecule has 1 aromatic rings. The van der Waals surface area contributed by atoms with E-state index in [1.807, 2.05) is 11.9 Å². The second-order valence-corrected chi connectivity index (χ2v) is 4.89. The lowest BCUT2D eigenvalue weighted by molar-refractivity contribution is -0.131. The number of hydrogen-bond acceptors (Lipinski definition) is 3. The molecule has 1 atom stereocenters. The number of aliphatic carboxylic acids is 1. The van der Waals surface area contributed by atoms with Crippen LogP contribution >= 0.6 is 0 Å². The normalized spacial score (nSPS) is 13.1. The van der Waals surface area contributed by atoms with E-state index in [1.165, 1.54) is 18.2 Å². The van der Waals surface area contributed by atoms with Crippen molar-refractivity contribution >= 4 is 12.0 Å². The molecule has 5 heteroatoms. The molecule has 0 aliphatic heterocycles. The largest absolute Gasteiger partial charge is 0.478 e. The van der Waals surface area contributed by atoms with Crippen LogP contribution in [0.4, 0.5) is 4.39 Å². The van der Waals surface area contributed by atoms with Crippen LogP contribution in [-0.2, 0) is 11.3 Å². The minimum absolute atomic E-state index is 0.364. The van der Waals surface area contributed by atoms with Gasteiger partial charge in [0, 0.05) is 19.2 Å². The number of nitrogens with zero attached hydrogens (tertiary/aromatic N) is 1. The fraction of sp³-hybridized carbons (Fsp3) is 0.400. The van der Waals surface area contributed by atoms with E-state index < -0.39 is 11.8 Å². The molecule has 0 saturated carbocycles. The van der Waals surface area contributed by atoms with Crippen LogP contribution < -0.4 is 0 Å². The van der Waals surface area contributed by atoms with Gasteiger partial charge in [-0.3, -0.25) is 0 Å². The Morgan fingerprint density at radius 2 is 2.20 bits per heavy atom. The van der Waals surface area contributed by atoms with Gasteiger partial charge in [0.25, 0.3) is 0 Å². The number of carboxylic acid groups (broad SMARTS) is 1. The van der Waals surface area contributed by atoms with E-state index in [0.29, 0.717) is 25.1 Å². The number of rotatable bonds is 7. The lowest BCUT2D eigenvalue weighted by Crippen LogP contribution is -2.22. The van der Waals surface area contributed by atoms with Crippen molar-refractivity contribution in [2.24, 2.45) is 0 Å². The third-order valence-corrected chi connectivity index (χ3v) is 2.88. The Balaban J connectivity index is 2.80. The van der Waals surface area contributed by atoms with E-state index >= 15 is 0 Å². The maximum Gasteiger partial charge on any atom is 0.328 e. The standard InChI is InChI=1S/C15H20FNO3/c1-11(18)7-8-17(2)10-13-3-5-14(16)9-12(13)4-6-15(19)20/h3-6,9,11,18H,7-8,10H2,1-2H3,(H,19,20)/b6-4+. The predicted molar refractivity (Wildman–Crippen MR) is 75.7 cm³/mol. The van der Waals surface area contributed by atoms with Gasteiger partial charge in [0.05, 0.1) is 6.10 Å². The summed E-state index contributed by atoms with van der Waals surface area (Å²) in [5, 5.41) is 17.9. The molecule has 1 aromatic carbocycles. The van der Waals surface area contributed by atoms with Crippen LogP contribution in [0.2, 0.25) is 0 Å². The zero-order valence-corrected chi connectivity index (χ0v) is 11.7. The minimum atomic E-state index is -1.07. The molecule has 0 heterocycles. The first kappa shape index (κ1) is 16.3. The first-order valence-corrected chi connectivity index (χ1v) is 6.44. The molecule has 0 amide bonds. The summed E-state index contributed by atoms with van der Waals surface area (Å²) < 4.78 is 13.2. The highest BCUT2D eigenvalue weighted by Crippen LogP contribution is 2.15. The van der Waals surface area contributed by atoms with Crippen molar-refractivity contribution in [2.45, 2.75) is 26.0 Å². The summed E-state index contributed by atoms with van der Waals surface area (Å²) in [4.78, 5) is 12.5. The fourth-order valence-electron chi connectivity index (χ4n) is 1.80. The van der Waals surface area contributed by atoms with Crippen molar-refractivity contribution in [1.29, 1.82) is 0 Å². The van der Waals surface area contributed by atoms with Gasteiger partial charge in [-0.05, 0) is 49.7 Å². The molecular formula is C15H20FNO3. The molecule has 0 radical (unpaired) electrons. The Labute approximate surface area is 118 Å². The van der Waals surface area contributed by atoms with Crippen LogP contribution in [0, 0.1) is 5.82 Å². The molecule has 1 unspecified atom stereocenters. The summed E-state index contributed by atoms with van der Waals surface area (Å²) in [5.41, 5.74) is 1.40. The second kappa shape index (κ2) is 7.77. The maximum atomic E-state index is 13.2. The van der Waals surface area contributed by atoms with Crippen molar-refractivity contribution in [1.82, 2.24) is 4.90 Å². The molecule has 2 N–H and O–H groups in total. The SMILES string of the molecule is CC(O)CCN(C)Cc1ccc(F)cc1/C=C/C(=O)O. The Bertz CT molecular complexity index is 486. The van der Waals surface area contributed by atoms with Gasteiger partial charge in [-0.25, -0.2) is 9.18 Å². The van der Waals surface area contributed by atoms with Crippen LogP contribution in [0.15, 0.2) is 24.3 Å². The molecule has 110 valence electrons. The summed E-state index contributed by atoms with van der Waals surface area (Å²) in [6, 6.07) is 4.32. The number of benzene rings is 1. The van der Waals surface area contributed by atoms with Crippen LogP contribution in [0.1, 0.15) is 24.5 Å². The van der Waals surface area contributed by atoms with Gasteiger partial charge in [-0.1, -0.05) is 6.07 Å². The third kappa shape index (κ3) is 5.95. The van der Waals surface area contributed by atoms with Crippen LogP contribution in [0.3, 0.4) is 0 Å². The van der Waals surface area contributed by atoms with Crippen molar-refractivity contribution in [3.63, 3.8) is 0 Å². The summed E-state index contributed by atoms with van der Waals surface area (Å²) in [5.74, 6) is -1.46. The average molecular weight is 281 g/mol. The number of carboxylic acids is 1. The summed E-state index contributed by atoms with van der Waals surface area (Å²) in [7, 11) is 1.90. The average Bonchev–Trinajstić information content (AvgIpc) is 2.36.